The van der Waals surface area contributed by atoms with E-state index in [-0.39, 0.29) is 0 Å². The van der Waals surface area contributed by atoms with Gasteiger partial charge in [-0.25, -0.2) is 4.98 Å². The van der Waals surface area contributed by atoms with E-state index in [0.717, 1.165) is 22.2 Å². The van der Waals surface area contributed by atoms with Gasteiger partial charge in [0.2, 0.25) is 0 Å². The van der Waals surface area contributed by atoms with E-state index in [1.807, 2.05) is 30.3 Å². The fourth-order valence-corrected chi connectivity index (χ4v) is 2.02. The van der Waals surface area contributed by atoms with E-state index in [1.165, 1.54) is 0 Å². The van der Waals surface area contributed by atoms with Crippen molar-refractivity contribution in [2.45, 2.75) is 20.0 Å². The molecule has 0 unspecified atom stereocenters. The van der Waals surface area contributed by atoms with Gasteiger partial charge in [0.15, 0.2) is 5.75 Å². The van der Waals surface area contributed by atoms with Gasteiger partial charge >= 0.3 is 0 Å². The van der Waals surface area contributed by atoms with E-state index < -0.39 is 0 Å². The lowest BCUT2D eigenvalue weighted by molar-refractivity contribution is 0.252. The normalized spacial score (nSPS) is 10.2. The smallest absolute Gasteiger partial charge is 0.257 e. The second kappa shape index (κ2) is 7.88. The van der Waals surface area contributed by atoms with Crippen LogP contribution in [0.1, 0.15) is 18.9 Å². The Morgan fingerprint density at radius 2 is 1.90 bits per heavy atom. The zero-order valence-electron chi connectivity index (χ0n) is 12.1. The zero-order chi connectivity index (χ0) is 15.1. The molecule has 4 nitrogen and oxygen atoms in total. The minimum atomic E-state index is 0.432. The van der Waals surface area contributed by atoms with Crippen molar-refractivity contribution in [3.8, 4) is 17.4 Å². The third kappa shape index (κ3) is 4.63. The Morgan fingerprint density at radius 1 is 1.14 bits per heavy atom. The molecule has 0 saturated heterocycles. The number of benzene rings is 1. The van der Waals surface area contributed by atoms with Crippen molar-refractivity contribution in [2.75, 3.05) is 13.7 Å². The number of methoxy groups -OCH3 is 1. The van der Waals surface area contributed by atoms with Crippen LogP contribution in [0.3, 0.4) is 0 Å². The van der Waals surface area contributed by atoms with Crippen LogP contribution >= 0.6 is 15.9 Å². The fourth-order valence-electron chi connectivity index (χ4n) is 1.71. The Labute approximate surface area is 133 Å². The van der Waals surface area contributed by atoms with Crippen LogP contribution in [-0.4, -0.2) is 18.7 Å². The summed E-state index contributed by atoms with van der Waals surface area (Å²) in [6.45, 7) is 3.13. The van der Waals surface area contributed by atoms with E-state index >= 15 is 0 Å². The molecule has 0 radical (unpaired) electrons. The first-order valence-electron chi connectivity index (χ1n) is 6.77. The van der Waals surface area contributed by atoms with Crippen LogP contribution in [0.4, 0.5) is 0 Å². The molecule has 0 aliphatic rings. The molecule has 2 rings (SSSR count). The van der Waals surface area contributed by atoms with Gasteiger partial charge in [0, 0.05) is 16.7 Å². The first-order chi connectivity index (χ1) is 10.2. The number of aromatic nitrogens is 1. The van der Waals surface area contributed by atoms with Crippen LogP contribution in [-0.2, 0) is 6.61 Å². The Kier molecular flexibility index (Phi) is 5.87. The highest BCUT2D eigenvalue weighted by atomic mass is 79.9. The lowest BCUT2D eigenvalue weighted by atomic mass is 10.2. The van der Waals surface area contributed by atoms with Gasteiger partial charge in [-0.15, -0.1) is 0 Å². The minimum absolute atomic E-state index is 0.432. The van der Waals surface area contributed by atoms with Gasteiger partial charge in [-0.2, -0.15) is 0 Å². The Morgan fingerprint density at radius 3 is 2.57 bits per heavy atom. The maximum absolute atomic E-state index is 5.75. The molecule has 2 aromatic rings. The van der Waals surface area contributed by atoms with Crippen molar-refractivity contribution in [3.05, 3.63) is 46.6 Å². The molecule has 5 heteroatoms. The van der Waals surface area contributed by atoms with E-state index in [4.69, 9.17) is 14.2 Å². The molecule has 1 aromatic heterocycles. The molecule has 0 spiro atoms. The molecule has 112 valence electrons. The van der Waals surface area contributed by atoms with Crippen LogP contribution in [0.25, 0.3) is 0 Å². The van der Waals surface area contributed by atoms with Crippen LogP contribution < -0.4 is 14.2 Å². The van der Waals surface area contributed by atoms with Crippen LogP contribution in [0.2, 0.25) is 0 Å². The summed E-state index contributed by atoms with van der Waals surface area (Å²) < 4.78 is 17.4. The number of halogens is 1. The topological polar surface area (TPSA) is 40.6 Å². The number of hydrogen-bond acceptors (Lipinski definition) is 4. The van der Waals surface area contributed by atoms with Gasteiger partial charge in [0.05, 0.1) is 13.7 Å². The lowest BCUT2D eigenvalue weighted by Gasteiger charge is -2.12. The van der Waals surface area contributed by atoms with E-state index in [9.17, 15) is 0 Å². The quantitative estimate of drug-likeness (QED) is 0.748. The van der Waals surface area contributed by atoms with Crippen molar-refractivity contribution in [2.24, 2.45) is 0 Å². The third-order valence-corrected chi connectivity index (χ3v) is 3.21. The van der Waals surface area contributed by atoms with Crippen molar-refractivity contribution < 1.29 is 14.2 Å². The van der Waals surface area contributed by atoms with Crippen LogP contribution in [0.15, 0.2) is 41.0 Å². The molecule has 0 saturated carbocycles. The monoisotopic (exact) mass is 351 g/mol. The van der Waals surface area contributed by atoms with Gasteiger partial charge in [0.25, 0.3) is 5.88 Å². The van der Waals surface area contributed by atoms with Gasteiger partial charge in [0.1, 0.15) is 12.4 Å². The third-order valence-electron chi connectivity index (χ3n) is 2.78. The SMILES string of the molecule is CCCOc1cc(Br)cnc1OCc1ccc(OC)cc1. The zero-order valence-corrected chi connectivity index (χ0v) is 13.7. The molecule has 0 atom stereocenters. The summed E-state index contributed by atoms with van der Waals surface area (Å²) in [6, 6.07) is 9.60. The predicted octanol–water partition coefficient (Wildman–Crippen LogP) is 4.22. The summed E-state index contributed by atoms with van der Waals surface area (Å²) in [7, 11) is 1.65. The van der Waals surface area contributed by atoms with Crippen molar-refractivity contribution in [1.29, 1.82) is 0 Å². The molecule has 1 aromatic carbocycles. The average molecular weight is 352 g/mol. The minimum Gasteiger partial charge on any atom is -0.497 e. The Bertz CT molecular complexity index is 572. The summed E-state index contributed by atoms with van der Waals surface area (Å²) in [4.78, 5) is 4.26. The molecule has 0 bridgehead atoms. The van der Waals surface area contributed by atoms with E-state index in [1.54, 1.807) is 13.3 Å². The lowest BCUT2D eigenvalue weighted by Crippen LogP contribution is -2.02. The highest BCUT2D eigenvalue weighted by Gasteiger charge is 2.08. The number of rotatable bonds is 7. The van der Waals surface area contributed by atoms with E-state index in [0.29, 0.717) is 24.8 Å². The highest BCUT2D eigenvalue weighted by molar-refractivity contribution is 9.10. The summed E-state index contributed by atoms with van der Waals surface area (Å²) in [6.07, 6.45) is 2.63. The summed E-state index contributed by atoms with van der Waals surface area (Å²) in [5.41, 5.74) is 1.04. The predicted molar refractivity (Wildman–Crippen MR) is 85.0 cm³/mol. The molecular formula is C16H18BrNO3. The number of pyridine rings is 1. The number of hydrogen-bond donors (Lipinski definition) is 0. The first kappa shape index (κ1) is 15.6. The summed E-state index contributed by atoms with van der Waals surface area (Å²) in [5.74, 6) is 1.98. The molecule has 0 aliphatic carbocycles. The van der Waals surface area contributed by atoms with Gasteiger partial charge < -0.3 is 14.2 Å². The molecule has 21 heavy (non-hydrogen) atoms. The van der Waals surface area contributed by atoms with Gasteiger partial charge in [-0.1, -0.05) is 19.1 Å². The Hall–Kier alpha value is -1.75. The molecule has 0 N–H and O–H groups in total. The van der Waals surface area contributed by atoms with Gasteiger partial charge in [-0.3, -0.25) is 0 Å². The standard InChI is InChI=1S/C16H18BrNO3/c1-3-8-20-15-9-13(17)10-18-16(15)21-11-12-4-6-14(19-2)7-5-12/h4-7,9-10H,3,8,11H2,1-2H3. The van der Waals surface area contributed by atoms with E-state index in [2.05, 4.69) is 27.8 Å². The summed E-state index contributed by atoms with van der Waals surface area (Å²) >= 11 is 3.39. The van der Waals surface area contributed by atoms with Crippen molar-refractivity contribution >= 4 is 15.9 Å². The van der Waals surface area contributed by atoms with Crippen LogP contribution in [0.5, 0.6) is 17.4 Å². The summed E-state index contributed by atoms with van der Waals surface area (Å²) in [5, 5.41) is 0. The second-order valence-corrected chi connectivity index (χ2v) is 5.36. The fraction of sp³-hybridized carbons (Fsp3) is 0.312. The average Bonchev–Trinajstić information content (AvgIpc) is 2.52. The van der Waals surface area contributed by atoms with Crippen LogP contribution in [0, 0.1) is 0 Å². The molecule has 1 heterocycles. The van der Waals surface area contributed by atoms with Gasteiger partial charge in [-0.05, 0) is 40.0 Å². The number of ether oxygens (including phenoxy) is 3. The molecule has 0 amide bonds. The van der Waals surface area contributed by atoms with Crippen molar-refractivity contribution in [1.82, 2.24) is 4.98 Å². The number of nitrogens with zero attached hydrogens (tertiary/aromatic N) is 1. The van der Waals surface area contributed by atoms with Crippen molar-refractivity contribution in [3.63, 3.8) is 0 Å². The molecule has 0 aliphatic heterocycles. The largest absolute Gasteiger partial charge is 0.497 e. The maximum atomic E-state index is 5.75. The first-order valence-corrected chi connectivity index (χ1v) is 7.56. The molecule has 0 fully saturated rings. The highest BCUT2D eigenvalue weighted by Crippen LogP contribution is 2.28. The second-order valence-electron chi connectivity index (χ2n) is 4.44. The maximum Gasteiger partial charge on any atom is 0.257 e. The Balaban J connectivity index is 2.04. The molecular weight excluding hydrogens is 334 g/mol.